The smallest absolute Gasteiger partial charge is 0.161 e. The minimum absolute atomic E-state index is 0.0485. The SMILES string of the molecule is CC(C)(Cl)CC1COc2ccccc2O1. The molecule has 2 rings (SSSR count). The van der Waals surface area contributed by atoms with Crippen molar-refractivity contribution in [2.75, 3.05) is 6.61 Å². The minimum atomic E-state index is -0.250. The van der Waals surface area contributed by atoms with E-state index in [0.29, 0.717) is 6.61 Å². The van der Waals surface area contributed by atoms with E-state index in [-0.39, 0.29) is 11.0 Å². The highest BCUT2D eigenvalue weighted by Gasteiger charge is 2.26. The van der Waals surface area contributed by atoms with Gasteiger partial charge in [-0.3, -0.25) is 0 Å². The van der Waals surface area contributed by atoms with E-state index in [1.165, 1.54) is 0 Å². The van der Waals surface area contributed by atoms with Gasteiger partial charge in [0.05, 0.1) is 0 Å². The van der Waals surface area contributed by atoms with Crippen LogP contribution in [0, 0.1) is 0 Å². The zero-order valence-corrected chi connectivity index (χ0v) is 9.75. The Hall–Kier alpha value is -0.890. The van der Waals surface area contributed by atoms with E-state index < -0.39 is 0 Å². The van der Waals surface area contributed by atoms with E-state index in [9.17, 15) is 0 Å². The molecule has 1 unspecified atom stereocenters. The molecule has 0 aromatic heterocycles. The Bertz CT molecular complexity index is 344. The summed E-state index contributed by atoms with van der Waals surface area (Å²) in [4.78, 5) is -0.250. The van der Waals surface area contributed by atoms with Crippen LogP contribution in [0.15, 0.2) is 24.3 Å². The first-order chi connectivity index (χ1) is 7.04. The van der Waals surface area contributed by atoms with Gasteiger partial charge in [-0.25, -0.2) is 0 Å². The first-order valence-electron chi connectivity index (χ1n) is 5.12. The van der Waals surface area contributed by atoms with E-state index in [0.717, 1.165) is 17.9 Å². The van der Waals surface area contributed by atoms with Crippen LogP contribution in [0.25, 0.3) is 0 Å². The molecule has 0 fully saturated rings. The number of alkyl halides is 1. The topological polar surface area (TPSA) is 18.5 Å². The number of hydrogen-bond acceptors (Lipinski definition) is 2. The summed E-state index contributed by atoms with van der Waals surface area (Å²) in [5.41, 5.74) is 0. The average molecular weight is 227 g/mol. The molecule has 0 amide bonds. The molecule has 1 atom stereocenters. The highest BCUT2D eigenvalue weighted by atomic mass is 35.5. The van der Waals surface area contributed by atoms with Gasteiger partial charge in [0.1, 0.15) is 12.7 Å². The number of halogens is 1. The summed E-state index contributed by atoms with van der Waals surface area (Å²) in [6, 6.07) is 7.71. The molecule has 3 heteroatoms. The molecule has 0 saturated heterocycles. The molecule has 1 aliphatic heterocycles. The van der Waals surface area contributed by atoms with Crippen molar-refractivity contribution < 1.29 is 9.47 Å². The van der Waals surface area contributed by atoms with E-state index in [1.807, 2.05) is 38.1 Å². The molecule has 0 bridgehead atoms. The fraction of sp³-hybridized carbons (Fsp3) is 0.500. The summed E-state index contributed by atoms with van der Waals surface area (Å²) < 4.78 is 11.4. The second kappa shape index (κ2) is 3.93. The Morgan fingerprint density at radius 2 is 2.00 bits per heavy atom. The number of benzene rings is 1. The lowest BCUT2D eigenvalue weighted by atomic mass is 10.0. The van der Waals surface area contributed by atoms with Crippen molar-refractivity contribution in [3.63, 3.8) is 0 Å². The molecule has 1 aromatic rings. The average Bonchev–Trinajstić information content (AvgIpc) is 2.15. The molecule has 82 valence electrons. The molecule has 0 saturated carbocycles. The molecule has 2 nitrogen and oxygen atoms in total. The highest BCUT2D eigenvalue weighted by molar-refractivity contribution is 6.23. The van der Waals surface area contributed by atoms with Crippen molar-refractivity contribution in [3.8, 4) is 11.5 Å². The van der Waals surface area contributed by atoms with E-state index in [1.54, 1.807) is 0 Å². The fourth-order valence-corrected chi connectivity index (χ4v) is 1.88. The third kappa shape index (κ3) is 2.78. The summed E-state index contributed by atoms with van der Waals surface area (Å²) in [6.07, 6.45) is 0.829. The van der Waals surface area contributed by atoms with Crippen LogP contribution in [0.5, 0.6) is 11.5 Å². The van der Waals surface area contributed by atoms with Crippen molar-refractivity contribution >= 4 is 11.6 Å². The molecular weight excluding hydrogens is 212 g/mol. The molecule has 1 heterocycles. The van der Waals surface area contributed by atoms with Crippen LogP contribution in [0.4, 0.5) is 0 Å². The predicted molar refractivity (Wildman–Crippen MR) is 60.9 cm³/mol. The quantitative estimate of drug-likeness (QED) is 0.721. The summed E-state index contributed by atoms with van der Waals surface area (Å²) in [7, 11) is 0. The summed E-state index contributed by atoms with van der Waals surface area (Å²) >= 11 is 6.16. The number of para-hydroxylation sites is 2. The number of rotatable bonds is 2. The van der Waals surface area contributed by atoms with E-state index >= 15 is 0 Å². The van der Waals surface area contributed by atoms with Crippen molar-refractivity contribution in [2.45, 2.75) is 31.2 Å². The lowest BCUT2D eigenvalue weighted by molar-refractivity contribution is 0.0787. The third-order valence-electron chi connectivity index (χ3n) is 2.28. The summed E-state index contributed by atoms with van der Waals surface area (Å²) in [5, 5.41) is 0. The molecule has 1 aliphatic rings. The number of hydrogen-bond donors (Lipinski definition) is 0. The van der Waals surface area contributed by atoms with Crippen molar-refractivity contribution in [1.29, 1.82) is 0 Å². The van der Waals surface area contributed by atoms with Gasteiger partial charge < -0.3 is 9.47 Å². The van der Waals surface area contributed by atoms with Crippen molar-refractivity contribution in [1.82, 2.24) is 0 Å². The standard InChI is InChI=1S/C12H15ClO2/c1-12(2,13)7-9-8-14-10-5-3-4-6-11(10)15-9/h3-6,9H,7-8H2,1-2H3. The molecule has 0 radical (unpaired) electrons. The monoisotopic (exact) mass is 226 g/mol. The molecule has 0 spiro atoms. The van der Waals surface area contributed by atoms with Gasteiger partial charge in [-0.05, 0) is 26.0 Å². The van der Waals surface area contributed by atoms with Crippen LogP contribution in [0.2, 0.25) is 0 Å². The van der Waals surface area contributed by atoms with Crippen LogP contribution in [-0.2, 0) is 0 Å². The first-order valence-corrected chi connectivity index (χ1v) is 5.50. The van der Waals surface area contributed by atoms with Crippen molar-refractivity contribution in [3.05, 3.63) is 24.3 Å². The third-order valence-corrected chi connectivity index (χ3v) is 2.43. The number of ether oxygens (including phenoxy) is 2. The van der Waals surface area contributed by atoms with Gasteiger partial charge in [0.15, 0.2) is 11.5 Å². The first kappa shape index (κ1) is 10.6. The van der Waals surface area contributed by atoms with Gasteiger partial charge in [-0.15, -0.1) is 11.6 Å². The second-order valence-electron chi connectivity index (χ2n) is 4.42. The Morgan fingerprint density at radius 1 is 1.33 bits per heavy atom. The van der Waals surface area contributed by atoms with Crippen LogP contribution >= 0.6 is 11.6 Å². The van der Waals surface area contributed by atoms with E-state index in [2.05, 4.69) is 0 Å². The zero-order valence-electron chi connectivity index (χ0n) is 9.00. The van der Waals surface area contributed by atoms with E-state index in [4.69, 9.17) is 21.1 Å². The number of fused-ring (bicyclic) bond motifs is 1. The Morgan fingerprint density at radius 3 is 2.67 bits per heavy atom. The van der Waals surface area contributed by atoms with Gasteiger partial charge in [0.25, 0.3) is 0 Å². The Balaban J connectivity index is 2.06. The lowest BCUT2D eigenvalue weighted by Gasteiger charge is -2.29. The molecular formula is C12H15ClO2. The zero-order chi connectivity index (χ0) is 10.9. The summed E-state index contributed by atoms with van der Waals surface area (Å²) in [6.45, 7) is 4.55. The largest absolute Gasteiger partial charge is 0.486 e. The maximum atomic E-state index is 6.16. The molecule has 15 heavy (non-hydrogen) atoms. The molecule has 0 aliphatic carbocycles. The van der Waals surface area contributed by atoms with Gasteiger partial charge in [0.2, 0.25) is 0 Å². The van der Waals surface area contributed by atoms with Gasteiger partial charge in [-0.2, -0.15) is 0 Å². The lowest BCUT2D eigenvalue weighted by Crippen LogP contribution is -2.34. The summed E-state index contributed by atoms with van der Waals surface area (Å²) in [5.74, 6) is 1.63. The Labute approximate surface area is 95.1 Å². The van der Waals surface area contributed by atoms with Gasteiger partial charge in [0, 0.05) is 11.3 Å². The minimum Gasteiger partial charge on any atom is -0.486 e. The maximum Gasteiger partial charge on any atom is 0.161 e. The van der Waals surface area contributed by atoms with Gasteiger partial charge in [-0.1, -0.05) is 12.1 Å². The van der Waals surface area contributed by atoms with Crippen LogP contribution < -0.4 is 9.47 Å². The van der Waals surface area contributed by atoms with Crippen molar-refractivity contribution in [2.24, 2.45) is 0 Å². The van der Waals surface area contributed by atoms with Crippen LogP contribution in [-0.4, -0.2) is 17.6 Å². The molecule has 1 aromatic carbocycles. The maximum absolute atomic E-state index is 6.16. The van der Waals surface area contributed by atoms with Crippen LogP contribution in [0.1, 0.15) is 20.3 Å². The second-order valence-corrected chi connectivity index (χ2v) is 5.44. The van der Waals surface area contributed by atoms with Crippen LogP contribution in [0.3, 0.4) is 0 Å². The normalized spacial score (nSPS) is 20.1. The Kier molecular flexibility index (Phi) is 2.79. The predicted octanol–water partition coefficient (Wildman–Crippen LogP) is 3.23. The van der Waals surface area contributed by atoms with Gasteiger partial charge >= 0.3 is 0 Å². The highest BCUT2D eigenvalue weighted by Crippen LogP contribution is 2.33. The molecule has 0 N–H and O–H groups in total. The fourth-order valence-electron chi connectivity index (χ4n) is 1.71.